The Kier molecular flexibility index (Phi) is 4.57. The van der Waals surface area contributed by atoms with Crippen LogP contribution in [0.15, 0.2) is 30.6 Å². The average molecular weight is 367 g/mol. The maximum Gasteiger partial charge on any atom is 0.178 e. The Morgan fingerprint density at radius 3 is 2.59 bits per heavy atom. The highest BCUT2D eigenvalue weighted by Crippen LogP contribution is 2.30. The maximum absolute atomic E-state index is 5.52. The van der Waals surface area contributed by atoms with E-state index in [0.29, 0.717) is 0 Å². The molecule has 0 unspecified atom stereocenters. The van der Waals surface area contributed by atoms with Gasteiger partial charge in [-0.25, -0.2) is 9.50 Å². The van der Waals surface area contributed by atoms with E-state index in [-0.39, 0.29) is 0 Å². The fourth-order valence-electron chi connectivity index (χ4n) is 3.42. The molecule has 0 aliphatic carbocycles. The summed E-state index contributed by atoms with van der Waals surface area (Å²) < 4.78 is 12.9. The van der Waals surface area contributed by atoms with E-state index in [1.54, 1.807) is 7.11 Å². The van der Waals surface area contributed by atoms with E-state index in [2.05, 4.69) is 21.0 Å². The molecule has 1 fully saturated rings. The van der Waals surface area contributed by atoms with Crippen molar-refractivity contribution in [2.75, 3.05) is 38.3 Å². The zero-order valence-electron chi connectivity index (χ0n) is 16.3. The SMILES string of the molecule is COC(C)(C)c1ccc(-c2c(C)nc3c(N4CCOCC4)ccnn23)cn1. The smallest absolute Gasteiger partial charge is 0.178 e. The first-order valence-electron chi connectivity index (χ1n) is 9.20. The van der Waals surface area contributed by atoms with Crippen LogP contribution >= 0.6 is 0 Å². The number of anilines is 1. The van der Waals surface area contributed by atoms with E-state index in [1.165, 1.54) is 0 Å². The summed E-state index contributed by atoms with van der Waals surface area (Å²) >= 11 is 0. The lowest BCUT2D eigenvalue weighted by Crippen LogP contribution is -2.36. The van der Waals surface area contributed by atoms with Crippen LogP contribution in [0.1, 0.15) is 25.2 Å². The number of methoxy groups -OCH3 is 1. The molecule has 3 aromatic heterocycles. The predicted octanol–water partition coefficient (Wildman–Crippen LogP) is 2.82. The molecule has 0 bridgehead atoms. The second kappa shape index (κ2) is 6.90. The summed E-state index contributed by atoms with van der Waals surface area (Å²) in [6.07, 6.45) is 3.70. The summed E-state index contributed by atoms with van der Waals surface area (Å²) in [7, 11) is 1.70. The van der Waals surface area contributed by atoms with Gasteiger partial charge >= 0.3 is 0 Å². The Morgan fingerprint density at radius 2 is 1.93 bits per heavy atom. The molecule has 4 heterocycles. The summed E-state index contributed by atoms with van der Waals surface area (Å²) in [6.45, 7) is 9.23. The van der Waals surface area contributed by atoms with E-state index in [4.69, 9.17) is 14.5 Å². The van der Waals surface area contributed by atoms with Crippen LogP contribution in [-0.2, 0) is 15.1 Å². The van der Waals surface area contributed by atoms with Gasteiger partial charge in [-0.15, -0.1) is 0 Å². The molecular weight excluding hydrogens is 342 g/mol. The van der Waals surface area contributed by atoms with Crippen LogP contribution < -0.4 is 4.90 Å². The lowest BCUT2D eigenvalue weighted by Gasteiger charge is -2.28. The second-order valence-corrected chi connectivity index (χ2v) is 7.24. The van der Waals surface area contributed by atoms with Crippen molar-refractivity contribution < 1.29 is 9.47 Å². The van der Waals surface area contributed by atoms with Gasteiger partial charge in [0.2, 0.25) is 0 Å². The summed E-state index contributed by atoms with van der Waals surface area (Å²) in [4.78, 5) is 11.7. The third-order valence-corrected chi connectivity index (χ3v) is 5.19. The molecule has 142 valence electrons. The van der Waals surface area contributed by atoms with Gasteiger partial charge in [0.05, 0.1) is 42.2 Å². The number of hydrogen-bond donors (Lipinski definition) is 0. The highest BCUT2D eigenvalue weighted by atomic mass is 16.5. The Morgan fingerprint density at radius 1 is 1.15 bits per heavy atom. The van der Waals surface area contributed by atoms with Gasteiger partial charge in [0, 0.05) is 32.0 Å². The number of pyridine rings is 1. The van der Waals surface area contributed by atoms with Gasteiger partial charge in [-0.05, 0) is 39.0 Å². The zero-order chi connectivity index (χ0) is 19.0. The molecule has 4 rings (SSSR count). The normalized spacial score (nSPS) is 15.5. The van der Waals surface area contributed by atoms with E-state index >= 15 is 0 Å². The number of imidazole rings is 1. The topological polar surface area (TPSA) is 64.8 Å². The zero-order valence-corrected chi connectivity index (χ0v) is 16.3. The molecule has 0 N–H and O–H groups in total. The Bertz CT molecular complexity index is 943. The minimum atomic E-state index is -0.422. The molecule has 27 heavy (non-hydrogen) atoms. The third kappa shape index (κ3) is 3.17. The molecule has 0 radical (unpaired) electrons. The molecule has 0 aromatic carbocycles. The number of ether oxygens (including phenoxy) is 2. The van der Waals surface area contributed by atoms with Crippen molar-refractivity contribution in [1.82, 2.24) is 19.6 Å². The summed E-state index contributed by atoms with van der Waals surface area (Å²) in [6, 6.07) is 6.09. The molecule has 0 spiro atoms. The Hall–Kier alpha value is -2.51. The fourth-order valence-corrected chi connectivity index (χ4v) is 3.42. The summed E-state index contributed by atoms with van der Waals surface area (Å²) in [5, 5.41) is 4.57. The number of fused-ring (bicyclic) bond motifs is 1. The average Bonchev–Trinajstić information content (AvgIpc) is 3.04. The Labute approximate surface area is 158 Å². The second-order valence-electron chi connectivity index (χ2n) is 7.24. The van der Waals surface area contributed by atoms with Gasteiger partial charge in [-0.2, -0.15) is 5.10 Å². The highest BCUT2D eigenvalue weighted by molar-refractivity contribution is 5.75. The van der Waals surface area contributed by atoms with Crippen molar-refractivity contribution in [2.24, 2.45) is 0 Å². The molecule has 7 nitrogen and oxygen atoms in total. The van der Waals surface area contributed by atoms with Gasteiger partial charge in [-0.3, -0.25) is 4.98 Å². The maximum atomic E-state index is 5.52. The van der Waals surface area contributed by atoms with Gasteiger partial charge in [0.1, 0.15) is 5.60 Å². The molecule has 1 aliphatic heterocycles. The molecule has 0 amide bonds. The number of aryl methyl sites for hydroxylation is 1. The van der Waals surface area contributed by atoms with E-state index in [9.17, 15) is 0 Å². The van der Waals surface area contributed by atoms with Crippen LogP contribution in [0.2, 0.25) is 0 Å². The first-order chi connectivity index (χ1) is 13.0. The number of rotatable bonds is 4. The van der Waals surface area contributed by atoms with Crippen LogP contribution in [0.25, 0.3) is 16.9 Å². The number of nitrogens with zero attached hydrogens (tertiary/aromatic N) is 5. The minimum Gasteiger partial charge on any atom is -0.378 e. The molecule has 1 aliphatic rings. The first-order valence-corrected chi connectivity index (χ1v) is 9.20. The molecule has 7 heteroatoms. The molecule has 1 saturated heterocycles. The fraction of sp³-hybridized carbons (Fsp3) is 0.450. The lowest BCUT2D eigenvalue weighted by molar-refractivity contribution is 0.0155. The Balaban J connectivity index is 1.77. The van der Waals surface area contributed by atoms with Crippen molar-refractivity contribution in [1.29, 1.82) is 0 Å². The summed E-state index contributed by atoms with van der Waals surface area (Å²) in [5.41, 5.74) is 5.32. The monoisotopic (exact) mass is 367 g/mol. The largest absolute Gasteiger partial charge is 0.378 e. The highest BCUT2D eigenvalue weighted by Gasteiger charge is 2.23. The number of morpholine rings is 1. The van der Waals surface area contributed by atoms with Crippen LogP contribution in [-0.4, -0.2) is 53.0 Å². The predicted molar refractivity (Wildman–Crippen MR) is 104 cm³/mol. The molecule has 3 aromatic rings. The van der Waals surface area contributed by atoms with Crippen molar-refractivity contribution in [3.8, 4) is 11.3 Å². The number of hydrogen-bond acceptors (Lipinski definition) is 6. The van der Waals surface area contributed by atoms with Crippen LogP contribution in [0.4, 0.5) is 5.69 Å². The first kappa shape index (κ1) is 17.9. The van der Waals surface area contributed by atoms with E-state index in [0.717, 1.165) is 60.3 Å². The van der Waals surface area contributed by atoms with Crippen molar-refractivity contribution in [3.63, 3.8) is 0 Å². The lowest BCUT2D eigenvalue weighted by atomic mass is 10.0. The van der Waals surface area contributed by atoms with Crippen LogP contribution in [0.5, 0.6) is 0 Å². The molecular formula is C20H25N5O2. The van der Waals surface area contributed by atoms with Crippen molar-refractivity contribution in [3.05, 3.63) is 42.0 Å². The van der Waals surface area contributed by atoms with Crippen molar-refractivity contribution >= 4 is 11.3 Å². The number of aromatic nitrogens is 4. The van der Waals surface area contributed by atoms with Gasteiger partial charge in [0.25, 0.3) is 0 Å². The van der Waals surface area contributed by atoms with Gasteiger partial charge in [0.15, 0.2) is 5.65 Å². The van der Waals surface area contributed by atoms with Gasteiger partial charge in [-0.1, -0.05) is 0 Å². The molecule has 0 atom stereocenters. The van der Waals surface area contributed by atoms with Crippen molar-refractivity contribution in [2.45, 2.75) is 26.4 Å². The van der Waals surface area contributed by atoms with Gasteiger partial charge < -0.3 is 14.4 Å². The third-order valence-electron chi connectivity index (χ3n) is 5.19. The van der Waals surface area contributed by atoms with Crippen LogP contribution in [0, 0.1) is 6.92 Å². The minimum absolute atomic E-state index is 0.422. The van der Waals surface area contributed by atoms with E-state index in [1.807, 2.05) is 49.8 Å². The summed E-state index contributed by atoms with van der Waals surface area (Å²) in [5.74, 6) is 0. The standard InChI is InChI=1S/C20H25N5O2/c1-14-18(15-5-6-17(21-13-15)20(2,3)26-4)25-19(23-14)16(7-8-22-25)24-9-11-27-12-10-24/h5-8,13H,9-12H2,1-4H3. The quantitative estimate of drug-likeness (QED) is 0.707. The molecule has 0 saturated carbocycles. The van der Waals surface area contributed by atoms with E-state index < -0.39 is 5.60 Å². The van der Waals surface area contributed by atoms with Crippen LogP contribution in [0.3, 0.4) is 0 Å².